The Hall–Kier alpha value is -1.46. The van der Waals surface area contributed by atoms with Gasteiger partial charge in [-0.05, 0) is 38.8 Å². The summed E-state index contributed by atoms with van der Waals surface area (Å²) in [6.45, 7) is 4.71. The van der Waals surface area contributed by atoms with Gasteiger partial charge in [0.25, 0.3) is 5.69 Å². The summed E-state index contributed by atoms with van der Waals surface area (Å²) in [6, 6.07) is 5.38. The average molecular weight is 252 g/mol. The van der Waals surface area contributed by atoms with Crippen LogP contribution >= 0.6 is 0 Å². The number of unbranched alkanes of at least 4 members (excludes halogenated alkanes) is 1. The minimum absolute atomic E-state index is 0.0722. The third-order valence-corrected chi connectivity index (χ3v) is 2.97. The third kappa shape index (κ3) is 4.09. The molecule has 5 nitrogen and oxygen atoms in total. The first-order chi connectivity index (χ1) is 8.56. The van der Waals surface area contributed by atoms with Crippen molar-refractivity contribution < 1.29 is 10.0 Å². The summed E-state index contributed by atoms with van der Waals surface area (Å²) in [7, 11) is 0. The first-order valence-electron chi connectivity index (χ1n) is 6.15. The van der Waals surface area contributed by atoms with E-state index in [1.54, 1.807) is 19.1 Å². The fourth-order valence-corrected chi connectivity index (χ4v) is 1.77. The van der Waals surface area contributed by atoms with E-state index >= 15 is 0 Å². The highest BCUT2D eigenvalue weighted by Gasteiger charge is 2.13. The van der Waals surface area contributed by atoms with E-state index in [2.05, 4.69) is 5.32 Å². The molecule has 1 atom stereocenters. The molecule has 2 N–H and O–H groups in total. The van der Waals surface area contributed by atoms with Crippen molar-refractivity contribution in [3.8, 4) is 0 Å². The zero-order chi connectivity index (χ0) is 13.5. The van der Waals surface area contributed by atoms with Gasteiger partial charge in [0.05, 0.1) is 4.92 Å². The molecular weight excluding hydrogens is 232 g/mol. The van der Waals surface area contributed by atoms with Crippen molar-refractivity contribution >= 4 is 5.69 Å². The van der Waals surface area contributed by atoms with Crippen molar-refractivity contribution in [2.75, 3.05) is 13.2 Å². The number of aryl methyl sites for hydroxylation is 1. The Balaban J connectivity index is 2.65. The summed E-state index contributed by atoms with van der Waals surface area (Å²) in [5.74, 6) is 0. The van der Waals surface area contributed by atoms with E-state index in [4.69, 9.17) is 5.11 Å². The number of nitrogens with zero attached hydrogens (tertiary/aromatic N) is 1. The van der Waals surface area contributed by atoms with E-state index in [1.807, 2.05) is 13.0 Å². The normalized spacial score (nSPS) is 12.4. The van der Waals surface area contributed by atoms with Gasteiger partial charge < -0.3 is 10.4 Å². The SMILES string of the molecule is Cc1ccc(C(C)NCCCCO)cc1[N+](=O)[O-]. The predicted octanol–water partition coefficient (Wildman–Crippen LogP) is 2.33. The minimum atomic E-state index is -0.350. The molecule has 0 spiro atoms. The maximum atomic E-state index is 10.9. The summed E-state index contributed by atoms with van der Waals surface area (Å²) in [5.41, 5.74) is 1.75. The van der Waals surface area contributed by atoms with Gasteiger partial charge >= 0.3 is 0 Å². The van der Waals surface area contributed by atoms with Gasteiger partial charge in [0.15, 0.2) is 0 Å². The van der Waals surface area contributed by atoms with Crippen LogP contribution in [0.25, 0.3) is 0 Å². The number of aliphatic hydroxyl groups excluding tert-OH is 1. The Morgan fingerprint density at radius 3 is 2.78 bits per heavy atom. The lowest BCUT2D eigenvalue weighted by Gasteiger charge is -2.14. The molecule has 18 heavy (non-hydrogen) atoms. The minimum Gasteiger partial charge on any atom is -0.396 e. The second-order valence-corrected chi connectivity index (χ2v) is 4.41. The molecule has 100 valence electrons. The van der Waals surface area contributed by atoms with Crippen molar-refractivity contribution in [3.63, 3.8) is 0 Å². The molecule has 0 fully saturated rings. The Kier molecular flexibility index (Phi) is 5.74. The van der Waals surface area contributed by atoms with Crippen molar-refractivity contribution in [1.29, 1.82) is 0 Å². The summed E-state index contributed by atoms with van der Waals surface area (Å²) in [6.07, 6.45) is 1.67. The number of nitro groups is 1. The third-order valence-electron chi connectivity index (χ3n) is 2.97. The van der Waals surface area contributed by atoms with Gasteiger partial charge in [-0.3, -0.25) is 10.1 Å². The molecule has 0 amide bonds. The highest BCUT2D eigenvalue weighted by molar-refractivity contribution is 5.43. The van der Waals surface area contributed by atoms with Gasteiger partial charge in [0.2, 0.25) is 0 Å². The second-order valence-electron chi connectivity index (χ2n) is 4.41. The van der Waals surface area contributed by atoms with Gasteiger partial charge in [0, 0.05) is 24.3 Å². The summed E-state index contributed by atoms with van der Waals surface area (Å²) in [4.78, 5) is 10.5. The quantitative estimate of drug-likeness (QED) is 0.443. The number of hydrogen-bond donors (Lipinski definition) is 2. The van der Waals surface area contributed by atoms with Crippen molar-refractivity contribution in [1.82, 2.24) is 5.32 Å². The largest absolute Gasteiger partial charge is 0.396 e. The lowest BCUT2D eigenvalue weighted by molar-refractivity contribution is -0.385. The van der Waals surface area contributed by atoms with Gasteiger partial charge in [-0.1, -0.05) is 12.1 Å². The van der Waals surface area contributed by atoms with Gasteiger partial charge in [-0.25, -0.2) is 0 Å². The molecular formula is C13H20N2O3. The fourth-order valence-electron chi connectivity index (χ4n) is 1.77. The van der Waals surface area contributed by atoms with Gasteiger partial charge in [-0.15, -0.1) is 0 Å². The molecule has 1 unspecified atom stereocenters. The highest BCUT2D eigenvalue weighted by atomic mass is 16.6. The summed E-state index contributed by atoms with van der Waals surface area (Å²) >= 11 is 0. The van der Waals surface area contributed by atoms with Crippen LogP contribution in [0.3, 0.4) is 0 Å². The van der Waals surface area contributed by atoms with E-state index in [1.165, 1.54) is 0 Å². The van der Waals surface area contributed by atoms with Gasteiger partial charge in [0.1, 0.15) is 0 Å². The lowest BCUT2D eigenvalue weighted by atomic mass is 10.0. The van der Waals surface area contributed by atoms with E-state index in [9.17, 15) is 10.1 Å². The van der Waals surface area contributed by atoms with Crippen LogP contribution in [0.15, 0.2) is 18.2 Å². The van der Waals surface area contributed by atoms with Gasteiger partial charge in [-0.2, -0.15) is 0 Å². The topological polar surface area (TPSA) is 75.4 Å². The number of nitrogens with one attached hydrogen (secondary N) is 1. The molecule has 1 aromatic rings. The molecule has 1 aromatic carbocycles. The van der Waals surface area contributed by atoms with Crippen molar-refractivity contribution in [3.05, 3.63) is 39.4 Å². The summed E-state index contributed by atoms with van der Waals surface area (Å²) in [5, 5.41) is 22.8. The lowest BCUT2D eigenvalue weighted by Crippen LogP contribution is -2.20. The van der Waals surface area contributed by atoms with Crippen LogP contribution in [-0.2, 0) is 0 Å². The zero-order valence-electron chi connectivity index (χ0n) is 10.8. The van der Waals surface area contributed by atoms with E-state index in [0.717, 1.165) is 24.9 Å². The Bertz CT molecular complexity index is 407. The van der Waals surface area contributed by atoms with Crippen LogP contribution in [0.2, 0.25) is 0 Å². The number of nitro benzene ring substituents is 1. The molecule has 0 aliphatic rings. The molecule has 0 radical (unpaired) electrons. The molecule has 5 heteroatoms. The van der Waals surface area contributed by atoms with Crippen molar-refractivity contribution in [2.45, 2.75) is 32.7 Å². The molecule has 0 aliphatic carbocycles. The van der Waals surface area contributed by atoms with E-state index in [-0.39, 0.29) is 23.3 Å². The maximum Gasteiger partial charge on any atom is 0.272 e. The Morgan fingerprint density at radius 2 is 2.17 bits per heavy atom. The molecule has 0 heterocycles. The smallest absolute Gasteiger partial charge is 0.272 e. The Labute approximate surface area is 107 Å². The van der Waals surface area contributed by atoms with Crippen LogP contribution in [0.5, 0.6) is 0 Å². The number of hydrogen-bond acceptors (Lipinski definition) is 4. The van der Waals surface area contributed by atoms with Crippen LogP contribution in [-0.4, -0.2) is 23.2 Å². The fraction of sp³-hybridized carbons (Fsp3) is 0.538. The van der Waals surface area contributed by atoms with Crippen LogP contribution < -0.4 is 5.32 Å². The van der Waals surface area contributed by atoms with Crippen molar-refractivity contribution in [2.24, 2.45) is 0 Å². The first-order valence-corrected chi connectivity index (χ1v) is 6.15. The van der Waals surface area contributed by atoms with E-state index in [0.29, 0.717) is 5.56 Å². The maximum absolute atomic E-state index is 10.9. The number of rotatable bonds is 7. The average Bonchev–Trinajstić information content (AvgIpc) is 2.34. The highest BCUT2D eigenvalue weighted by Crippen LogP contribution is 2.23. The summed E-state index contributed by atoms with van der Waals surface area (Å²) < 4.78 is 0. The molecule has 0 saturated carbocycles. The Morgan fingerprint density at radius 1 is 1.44 bits per heavy atom. The standard InChI is InChI=1S/C13H20N2O3/c1-10-5-6-12(9-13(10)15(17)18)11(2)14-7-3-4-8-16/h5-6,9,11,14,16H,3-4,7-8H2,1-2H3. The zero-order valence-corrected chi connectivity index (χ0v) is 10.8. The predicted molar refractivity (Wildman–Crippen MR) is 70.6 cm³/mol. The molecule has 0 bridgehead atoms. The second kappa shape index (κ2) is 7.08. The van der Waals surface area contributed by atoms with Crippen LogP contribution in [0, 0.1) is 17.0 Å². The monoisotopic (exact) mass is 252 g/mol. The molecule has 0 aromatic heterocycles. The molecule has 1 rings (SSSR count). The number of benzene rings is 1. The molecule has 0 aliphatic heterocycles. The molecule has 0 saturated heterocycles. The number of aliphatic hydroxyl groups is 1. The van der Waals surface area contributed by atoms with Crippen LogP contribution in [0.4, 0.5) is 5.69 Å². The van der Waals surface area contributed by atoms with E-state index < -0.39 is 0 Å². The first kappa shape index (κ1) is 14.6. The van der Waals surface area contributed by atoms with Crippen LogP contribution in [0.1, 0.15) is 36.9 Å².